The van der Waals surface area contributed by atoms with Gasteiger partial charge < -0.3 is 16.2 Å². The molecule has 7 nitrogen and oxygen atoms in total. The van der Waals surface area contributed by atoms with E-state index in [-0.39, 0.29) is 18.1 Å². The highest BCUT2D eigenvalue weighted by Gasteiger charge is 2.09. The lowest BCUT2D eigenvalue weighted by Crippen LogP contribution is -2.06. The zero-order valence-electron chi connectivity index (χ0n) is 8.72. The molecule has 1 heterocycles. The first-order valence-electron chi connectivity index (χ1n) is 4.90. The summed E-state index contributed by atoms with van der Waals surface area (Å²) in [6.07, 6.45) is 1.44. The second-order valence-electron chi connectivity index (χ2n) is 3.25. The molecule has 0 saturated heterocycles. The zero-order chi connectivity index (χ0) is 12.0. The van der Waals surface area contributed by atoms with Crippen LogP contribution in [-0.4, -0.2) is 28.2 Å². The third kappa shape index (κ3) is 3.70. The third-order valence-electron chi connectivity index (χ3n) is 1.93. The van der Waals surface area contributed by atoms with E-state index >= 15 is 0 Å². The first-order chi connectivity index (χ1) is 7.63. The molecule has 0 spiro atoms. The van der Waals surface area contributed by atoms with E-state index in [4.69, 9.17) is 10.8 Å². The number of unbranched alkanes of at least 4 members (excludes halogenated alkanes) is 1. The second kappa shape index (κ2) is 5.86. The Morgan fingerprint density at radius 2 is 2.25 bits per heavy atom. The number of hydrogen-bond acceptors (Lipinski definition) is 6. The van der Waals surface area contributed by atoms with Gasteiger partial charge in [-0.25, -0.2) is 4.98 Å². The van der Waals surface area contributed by atoms with Crippen molar-refractivity contribution in [1.82, 2.24) is 4.98 Å². The van der Waals surface area contributed by atoms with Crippen LogP contribution in [0.2, 0.25) is 0 Å². The molecule has 0 aromatic carbocycles. The van der Waals surface area contributed by atoms with Crippen LogP contribution in [0.15, 0.2) is 12.1 Å². The van der Waals surface area contributed by atoms with E-state index in [2.05, 4.69) is 10.3 Å². The van der Waals surface area contributed by atoms with Crippen LogP contribution in [0.4, 0.5) is 17.3 Å². The Kier molecular flexibility index (Phi) is 4.46. The molecular formula is C9H14N4O3. The van der Waals surface area contributed by atoms with Gasteiger partial charge in [0.15, 0.2) is 0 Å². The Morgan fingerprint density at radius 1 is 1.50 bits per heavy atom. The number of aromatic nitrogens is 1. The summed E-state index contributed by atoms with van der Waals surface area (Å²) in [4.78, 5) is 13.9. The molecule has 0 amide bonds. The average Bonchev–Trinajstić information content (AvgIpc) is 2.23. The van der Waals surface area contributed by atoms with Gasteiger partial charge >= 0.3 is 0 Å². The Balaban J connectivity index is 2.62. The van der Waals surface area contributed by atoms with E-state index in [1.807, 2.05) is 0 Å². The number of aliphatic hydroxyl groups is 1. The van der Waals surface area contributed by atoms with Gasteiger partial charge in [-0.2, -0.15) is 0 Å². The number of pyridine rings is 1. The van der Waals surface area contributed by atoms with Crippen molar-refractivity contribution < 1.29 is 10.0 Å². The Labute approximate surface area is 92.4 Å². The van der Waals surface area contributed by atoms with E-state index in [0.29, 0.717) is 18.8 Å². The lowest BCUT2D eigenvalue weighted by atomic mass is 10.3. The number of hydrogen-bond donors (Lipinski definition) is 3. The smallest absolute Gasteiger partial charge is 0.276 e. The van der Waals surface area contributed by atoms with Crippen LogP contribution in [0.25, 0.3) is 0 Å². The molecular weight excluding hydrogens is 212 g/mol. The molecule has 1 aromatic heterocycles. The lowest BCUT2D eigenvalue weighted by molar-refractivity contribution is -0.384. The molecule has 0 unspecified atom stereocenters. The number of nitrogens with one attached hydrogen (secondary N) is 1. The molecule has 0 saturated carbocycles. The molecule has 0 fully saturated rings. The summed E-state index contributed by atoms with van der Waals surface area (Å²) < 4.78 is 0. The average molecular weight is 226 g/mol. The summed E-state index contributed by atoms with van der Waals surface area (Å²) in [7, 11) is 0. The molecule has 0 aliphatic rings. The van der Waals surface area contributed by atoms with Crippen LogP contribution in [-0.2, 0) is 0 Å². The maximum absolute atomic E-state index is 10.5. The standard InChI is InChI=1S/C9H14N4O3/c10-8-5-7(13(15)16)6-9(12-8)11-3-1-2-4-14/h5-6,14H,1-4H2,(H3,10,11,12). The Morgan fingerprint density at radius 3 is 2.88 bits per heavy atom. The summed E-state index contributed by atoms with van der Waals surface area (Å²) in [6, 6.07) is 2.54. The maximum atomic E-state index is 10.5. The van der Waals surface area contributed by atoms with Crippen LogP contribution >= 0.6 is 0 Å². The third-order valence-corrected chi connectivity index (χ3v) is 1.93. The van der Waals surface area contributed by atoms with Crippen molar-refractivity contribution in [3.8, 4) is 0 Å². The summed E-state index contributed by atoms with van der Waals surface area (Å²) in [5.74, 6) is 0.489. The van der Waals surface area contributed by atoms with Crippen LogP contribution in [0.1, 0.15) is 12.8 Å². The minimum absolute atomic E-state index is 0.0860. The highest BCUT2D eigenvalue weighted by molar-refractivity contribution is 5.52. The predicted octanol–water partition coefficient (Wildman–Crippen LogP) is 0.756. The van der Waals surface area contributed by atoms with E-state index in [9.17, 15) is 10.1 Å². The van der Waals surface area contributed by atoms with Gasteiger partial charge in [-0.3, -0.25) is 10.1 Å². The SMILES string of the molecule is Nc1cc([N+](=O)[O-])cc(NCCCCO)n1. The predicted molar refractivity (Wildman–Crippen MR) is 60.1 cm³/mol. The molecule has 0 bridgehead atoms. The molecule has 16 heavy (non-hydrogen) atoms. The number of nitrogen functional groups attached to an aromatic ring is 1. The number of anilines is 2. The van der Waals surface area contributed by atoms with E-state index in [1.54, 1.807) is 0 Å². The van der Waals surface area contributed by atoms with Gasteiger partial charge in [-0.1, -0.05) is 0 Å². The molecule has 88 valence electrons. The number of nitrogens with zero attached hydrogens (tertiary/aromatic N) is 2. The topological polar surface area (TPSA) is 114 Å². The fourth-order valence-corrected chi connectivity index (χ4v) is 1.19. The van der Waals surface area contributed by atoms with E-state index in [1.165, 1.54) is 12.1 Å². The van der Waals surface area contributed by atoms with Crippen molar-refractivity contribution in [2.24, 2.45) is 0 Å². The number of nitro groups is 1. The first-order valence-corrected chi connectivity index (χ1v) is 4.90. The van der Waals surface area contributed by atoms with Crippen molar-refractivity contribution >= 4 is 17.3 Å². The van der Waals surface area contributed by atoms with Crippen molar-refractivity contribution in [3.63, 3.8) is 0 Å². The van der Waals surface area contributed by atoms with Crippen molar-refractivity contribution in [2.45, 2.75) is 12.8 Å². The summed E-state index contributed by atoms with van der Waals surface area (Å²) in [6.45, 7) is 0.723. The highest BCUT2D eigenvalue weighted by atomic mass is 16.6. The van der Waals surface area contributed by atoms with Gasteiger partial charge in [0.05, 0.1) is 17.1 Å². The Bertz CT molecular complexity index is 370. The van der Waals surface area contributed by atoms with Gasteiger partial charge in [0.25, 0.3) is 5.69 Å². The van der Waals surface area contributed by atoms with Gasteiger partial charge in [-0.15, -0.1) is 0 Å². The number of rotatable bonds is 6. The van der Waals surface area contributed by atoms with Crippen molar-refractivity contribution in [3.05, 3.63) is 22.2 Å². The minimum Gasteiger partial charge on any atom is -0.396 e. The zero-order valence-corrected chi connectivity index (χ0v) is 8.72. The normalized spacial score (nSPS) is 10.1. The number of nitrogens with two attached hydrogens (primary N) is 1. The van der Waals surface area contributed by atoms with Gasteiger partial charge in [0, 0.05) is 13.2 Å². The van der Waals surface area contributed by atoms with Gasteiger partial charge in [-0.05, 0) is 12.8 Å². The molecule has 1 aromatic rings. The molecule has 1 rings (SSSR count). The quantitative estimate of drug-likeness (QED) is 0.374. The van der Waals surface area contributed by atoms with Gasteiger partial charge in [0.2, 0.25) is 0 Å². The molecule has 0 radical (unpaired) electrons. The monoisotopic (exact) mass is 226 g/mol. The van der Waals surface area contributed by atoms with E-state index < -0.39 is 4.92 Å². The summed E-state index contributed by atoms with van der Waals surface area (Å²) in [5, 5.41) is 22.0. The van der Waals surface area contributed by atoms with Gasteiger partial charge in [0.1, 0.15) is 11.6 Å². The molecule has 0 atom stereocenters. The van der Waals surface area contributed by atoms with E-state index in [0.717, 1.165) is 6.42 Å². The number of aliphatic hydroxyl groups excluding tert-OH is 1. The summed E-state index contributed by atoms with van der Waals surface area (Å²) >= 11 is 0. The molecule has 0 aliphatic heterocycles. The van der Waals surface area contributed by atoms with Crippen LogP contribution in [0, 0.1) is 10.1 Å². The van der Waals surface area contributed by atoms with Crippen molar-refractivity contribution in [2.75, 3.05) is 24.2 Å². The fourth-order valence-electron chi connectivity index (χ4n) is 1.19. The first kappa shape index (κ1) is 12.2. The molecule has 7 heteroatoms. The summed E-state index contributed by atoms with van der Waals surface area (Å²) in [5.41, 5.74) is 5.35. The molecule has 4 N–H and O–H groups in total. The minimum atomic E-state index is -0.517. The fraction of sp³-hybridized carbons (Fsp3) is 0.444. The van der Waals surface area contributed by atoms with Crippen LogP contribution in [0.3, 0.4) is 0 Å². The maximum Gasteiger partial charge on any atom is 0.276 e. The van der Waals surface area contributed by atoms with Crippen LogP contribution in [0.5, 0.6) is 0 Å². The largest absolute Gasteiger partial charge is 0.396 e. The highest BCUT2D eigenvalue weighted by Crippen LogP contribution is 2.18. The Hall–Kier alpha value is -1.89. The lowest BCUT2D eigenvalue weighted by Gasteiger charge is -2.05. The van der Waals surface area contributed by atoms with Crippen LogP contribution < -0.4 is 11.1 Å². The van der Waals surface area contributed by atoms with Crippen molar-refractivity contribution in [1.29, 1.82) is 0 Å². The molecule has 0 aliphatic carbocycles. The second-order valence-corrected chi connectivity index (χ2v) is 3.25.